The zero-order chi connectivity index (χ0) is 21.4. The molecule has 0 spiro atoms. The Morgan fingerprint density at radius 2 is 1.97 bits per heavy atom. The minimum absolute atomic E-state index is 0.139. The Kier molecular flexibility index (Phi) is 5.76. The molecule has 3 heterocycles. The first-order chi connectivity index (χ1) is 15.2. The number of morpholine rings is 1. The quantitative estimate of drug-likeness (QED) is 0.621. The van der Waals surface area contributed by atoms with Gasteiger partial charge in [-0.25, -0.2) is 0 Å². The normalized spacial score (nSPS) is 22.9. The van der Waals surface area contributed by atoms with Crippen LogP contribution < -0.4 is 10.3 Å². The summed E-state index contributed by atoms with van der Waals surface area (Å²) in [6, 6.07) is 8.51. The van der Waals surface area contributed by atoms with Crippen LogP contribution in [0.5, 0.6) is 5.75 Å². The molecule has 0 amide bonds. The van der Waals surface area contributed by atoms with Crippen molar-refractivity contribution in [2.75, 3.05) is 40.0 Å². The van der Waals surface area contributed by atoms with Crippen LogP contribution in [0.25, 0.3) is 21.8 Å². The Hall–Kier alpha value is -2.31. The molecular formula is C25H33N3O3. The molecule has 2 aliphatic rings. The van der Waals surface area contributed by atoms with Gasteiger partial charge in [-0.15, -0.1) is 0 Å². The molecule has 31 heavy (non-hydrogen) atoms. The van der Waals surface area contributed by atoms with Crippen LogP contribution in [0.1, 0.15) is 38.6 Å². The minimum atomic E-state index is 0.139. The molecule has 2 atom stereocenters. The van der Waals surface area contributed by atoms with Crippen LogP contribution in [-0.2, 0) is 11.3 Å². The highest BCUT2D eigenvalue weighted by Crippen LogP contribution is 2.35. The van der Waals surface area contributed by atoms with Crippen LogP contribution in [0, 0.1) is 5.92 Å². The van der Waals surface area contributed by atoms with Gasteiger partial charge in [0.25, 0.3) is 5.56 Å². The maximum atomic E-state index is 13.7. The summed E-state index contributed by atoms with van der Waals surface area (Å²) in [5.74, 6) is 1.50. The number of fused-ring (bicyclic) bond motifs is 3. The molecule has 0 radical (unpaired) electrons. The number of ether oxygens (including phenoxy) is 2. The van der Waals surface area contributed by atoms with Gasteiger partial charge in [0, 0.05) is 43.8 Å². The minimum Gasteiger partial charge on any atom is -0.495 e. The van der Waals surface area contributed by atoms with Gasteiger partial charge in [0.15, 0.2) is 0 Å². The van der Waals surface area contributed by atoms with Crippen molar-refractivity contribution in [2.45, 2.75) is 45.2 Å². The summed E-state index contributed by atoms with van der Waals surface area (Å²) in [4.78, 5) is 16.2. The topological polar surface area (TPSA) is 48.6 Å². The first-order valence-corrected chi connectivity index (χ1v) is 11.7. The van der Waals surface area contributed by atoms with E-state index >= 15 is 0 Å². The number of benzene rings is 1. The summed E-state index contributed by atoms with van der Waals surface area (Å²) in [6.07, 6.45) is 6.68. The van der Waals surface area contributed by atoms with Gasteiger partial charge in [0.1, 0.15) is 5.75 Å². The van der Waals surface area contributed by atoms with Crippen LogP contribution in [0.2, 0.25) is 0 Å². The number of pyridine rings is 1. The number of nitrogens with zero attached hydrogens (tertiary/aromatic N) is 3. The molecule has 0 bridgehead atoms. The van der Waals surface area contributed by atoms with Gasteiger partial charge in [-0.05, 0) is 30.9 Å². The molecule has 6 heteroatoms. The van der Waals surface area contributed by atoms with E-state index in [1.807, 2.05) is 22.9 Å². The first kappa shape index (κ1) is 20.6. The highest BCUT2D eigenvalue weighted by Gasteiger charge is 2.24. The highest BCUT2D eigenvalue weighted by atomic mass is 16.5. The van der Waals surface area contributed by atoms with Crippen molar-refractivity contribution in [3.8, 4) is 5.75 Å². The summed E-state index contributed by atoms with van der Waals surface area (Å²) < 4.78 is 15.5. The summed E-state index contributed by atoms with van der Waals surface area (Å²) in [6.45, 7) is 7.57. The maximum absolute atomic E-state index is 13.7. The van der Waals surface area contributed by atoms with E-state index in [1.165, 1.54) is 12.8 Å². The van der Waals surface area contributed by atoms with E-state index in [9.17, 15) is 4.79 Å². The Balaban J connectivity index is 1.62. The highest BCUT2D eigenvalue weighted by molar-refractivity contribution is 6.09. The first-order valence-electron chi connectivity index (χ1n) is 11.7. The van der Waals surface area contributed by atoms with E-state index in [0.29, 0.717) is 12.0 Å². The number of hydrogen-bond donors (Lipinski definition) is 0. The molecule has 2 fully saturated rings. The molecular weight excluding hydrogens is 390 g/mol. The van der Waals surface area contributed by atoms with Gasteiger partial charge in [-0.2, -0.15) is 0 Å². The molecule has 1 saturated carbocycles. The second-order valence-corrected chi connectivity index (χ2v) is 9.18. The van der Waals surface area contributed by atoms with E-state index < -0.39 is 0 Å². The Morgan fingerprint density at radius 1 is 1.13 bits per heavy atom. The van der Waals surface area contributed by atoms with E-state index in [-0.39, 0.29) is 5.56 Å². The number of aromatic nitrogens is 2. The Bertz CT molecular complexity index is 1130. The predicted octanol–water partition coefficient (Wildman–Crippen LogP) is 4.05. The van der Waals surface area contributed by atoms with Crippen LogP contribution in [0.15, 0.2) is 35.3 Å². The lowest BCUT2D eigenvalue weighted by atomic mass is 9.87. The average molecular weight is 424 g/mol. The molecule has 1 saturated heterocycles. The largest absolute Gasteiger partial charge is 0.495 e. The lowest BCUT2D eigenvalue weighted by Gasteiger charge is -2.28. The predicted molar refractivity (Wildman–Crippen MR) is 124 cm³/mol. The molecule has 2 unspecified atom stereocenters. The van der Waals surface area contributed by atoms with Gasteiger partial charge < -0.3 is 18.6 Å². The second-order valence-electron chi connectivity index (χ2n) is 9.18. The van der Waals surface area contributed by atoms with Crippen molar-refractivity contribution < 1.29 is 9.47 Å². The van der Waals surface area contributed by atoms with Crippen molar-refractivity contribution in [3.05, 3.63) is 40.8 Å². The van der Waals surface area contributed by atoms with E-state index in [4.69, 9.17) is 9.47 Å². The van der Waals surface area contributed by atoms with Crippen LogP contribution in [-0.4, -0.2) is 54.0 Å². The smallest absolute Gasteiger partial charge is 0.260 e. The maximum Gasteiger partial charge on any atom is 0.260 e. The molecule has 3 aromatic rings. The molecule has 1 aliphatic heterocycles. The second kappa shape index (κ2) is 8.67. The third-order valence-corrected chi connectivity index (χ3v) is 7.19. The number of para-hydroxylation sites is 1. The molecule has 5 rings (SSSR count). The van der Waals surface area contributed by atoms with Gasteiger partial charge in [-0.3, -0.25) is 9.69 Å². The molecule has 6 nitrogen and oxygen atoms in total. The van der Waals surface area contributed by atoms with E-state index in [2.05, 4.69) is 28.5 Å². The molecule has 166 valence electrons. The van der Waals surface area contributed by atoms with Crippen LogP contribution in [0.4, 0.5) is 0 Å². The average Bonchev–Trinajstić information content (AvgIpc) is 3.13. The molecule has 1 aliphatic carbocycles. The fraction of sp³-hybridized carbons (Fsp3) is 0.560. The van der Waals surface area contributed by atoms with Gasteiger partial charge >= 0.3 is 0 Å². The summed E-state index contributed by atoms with van der Waals surface area (Å²) in [5, 5.41) is 1.83. The van der Waals surface area contributed by atoms with Crippen molar-refractivity contribution in [1.82, 2.24) is 14.0 Å². The zero-order valence-electron chi connectivity index (χ0n) is 18.7. The van der Waals surface area contributed by atoms with Crippen molar-refractivity contribution in [3.63, 3.8) is 0 Å². The van der Waals surface area contributed by atoms with E-state index in [0.717, 1.165) is 79.8 Å². The van der Waals surface area contributed by atoms with Crippen molar-refractivity contribution >= 4 is 21.8 Å². The number of methoxy groups -OCH3 is 1. The van der Waals surface area contributed by atoms with E-state index in [1.54, 1.807) is 7.11 Å². The lowest BCUT2D eigenvalue weighted by molar-refractivity contribution is 0.0366. The van der Waals surface area contributed by atoms with Crippen molar-refractivity contribution in [2.24, 2.45) is 5.92 Å². The van der Waals surface area contributed by atoms with Crippen molar-refractivity contribution in [1.29, 1.82) is 0 Å². The summed E-state index contributed by atoms with van der Waals surface area (Å²) in [7, 11) is 1.71. The third-order valence-electron chi connectivity index (χ3n) is 7.19. The fourth-order valence-electron chi connectivity index (χ4n) is 5.55. The SMILES string of the molecule is COc1cccc2c3c(=O)n(C4CCCC(C)C4)ccc3n(CCN3CCOCC3)c12. The third kappa shape index (κ3) is 3.76. The fourth-order valence-corrected chi connectivity index (χ4v) is 5.55. The number of hydrogen-bond acceptors (Lipinski definition) is 4. The van der Waals surface area contributed by atoms with Gasteiger partial charge in [0.05, 0.1) is 36.7 Å². The summed E-state index contributed by atoms with van der Waals surface area (Å²) >= 11 is 0. The zero-order valence-corrected chi connectivity index (χ0v) is 18.7. The monoisotopic (exact) mass is 423 g/mol. The number of rotatable bonds is 5. The molecule has 0 N–H and O–H groups in total. The van der Waals surface area contributed by atoms with Crippen LogP contribution in [0.3, 0.4) is 0 Å². The van der Waals surface area contributed by atoms with Gasteiger partial charge in [0.2, 0.25) is 0 Å². The summed E-state index contributed by atoms with van der Waals surface area (Å²) in [5.41, 5.74) is 2.18. The standard InChI is InChI=1S/C25H33N3O3/c1-18-5-3-6-19(17-18)27-10-9-21-23(25(27)29)20-7-4-8-22(30-2)24(20)28(21)12-11-26-13-15-31-16-14-26/h4,7-10,18-19H,3,5-6,11-17H2,1-2H3. The van der Waals surface area contributed by atoms with Crippen LogP contribution >= 0.6 is 0 Å². The molecule has 2 aromatic heterocycles. The molecule has 1 aromatic carbocycles. The lowest BCUT2D eigenvalue weighted by Crippen LogP contribution is -2.38. The van der Waals surface area contributed by atoms with Gasteiger partial charge in [-0.1, -0.05) is 31.9 Å². The Morgan fingerprint density at radius 3 is 2.74 bits per heavy atom. The Labute approximate surface area is 183 Å².